The molecule has 0 bridgehead atoms. The summed E-state index contributed by atoms with van der Waals surface area (Å²) in [6, 6.07) is 16.6. The number of imidazole rings is 1. The Labute approximate surface area is 172 Å². The predicted molar refractivity (Wildman–Crippen MR) is 116 cm³/mol. The summed E-state index contributed by atoms with van der Waals surface area (Å²) in [5, 5.41) is 6.55. The molecule has 5 heteroatoms. The topological polar surface area (TPSA) is 59.0 Å². The number of carbonyl (C=O) groups excluding carboxylic acids is 1. The van der Waals surface area contributed by atoms with Crippen molar-refractivity contribution in [1.29, 1.82) is 0 Å². The van der Waals surface area contributed by atoms with Crippen LogP contribution >= 0.6 is 0 Å². The van der Waals surface area contributed by atoms with E-state index in [1.807, 2.05) is 24.5 Å². The molecule has 1 aliphatic heterocycles. The molecule has 2 aromatic carbocycles. The first-order chi connectivity index (χ1) is 14.2. The molecule has 2 unspecified atom stereocenters. The highest BCUT2D eigenvalue weighted by atomic mass is 16.1. The molecule has 152 valence electrons. The molecule has 0 aliphatic carbocycles. The number of nitrogens with zero attached hydrogens (tertiary/aromatic N) is 2. The van der Waals surface area contributed by atoms with Crippen molar-refractivity contribution in [3.8, 4) is 0 Å². The van der Waals surface area contributed by atoms with Gasteiger partial charge in [0.1, 0.15) is 0 Å². The first-order valence-corrected chi connectivity index (χ1v) is 10.6. The molecule has 1 saturated heterocycles. The quantitative estimate of drug-likeness (QED) is 0.646. The maximum Gasteiger partial charge on any atom is 0.220 e. The Morgan fingerprint density at radius 2 is 2.10 bits per heavy atom. The van der Waals surface area contributed by atoms with E-state index in [2.05, 4.69) is 57.4 Å². The van der Waals surface area contributed by atoms with Crippen LogP contribution in [0, 0.1) is 11.8 Å². The summed E-state index contributed by atoms with van der Waals surface area (Å²) >= 11 is 0. The number of fused-ring (bicyclic) bond motifs is 1. The van der Waals surface area contributed by atoms with Crippen LogP contribution in [0.2, 0.25) is 0 Å². The van der Waals surface area contributed by atoms with Gasteiger partial charge in [-0.25, -0.2) is 4.98 Å². The largest absolute Gasteiger partial charge is 0.352 e. The minimum absolute atomic E-state index is 0.147. The van der Waals surface area contributed by atoms with Gasteiger partial charge in [0, 0.05) is 19.5 Å². The first-order valence-electron chi connectivity index (χ1n) is 10.6. The number of hydrogen-bond acceptors (Lipinski definition) is 3. The van der Waals surface area contributed by atoms with Crippen LogP contribution in [-0.4, -0.2) is 28.5 Å². The van der Waals surface area contributed by atoms with E-state index in [1.165, 1.54) is 18.4 Å². The third-order valence-electron chi connectivity index (χ3n) is 6.01. The Bertz CT molecular complexity index is 958. The third kappa shape index (κ3) is 5.04. The Morgan fingerprint density at radius 3 is 2.97 bits per heavy atom. The minimum Gasteiger partial charge on any atom is -0.352 e. The second-order valence-electron chi connectivity index (χ2n) is 8.25. The predicted octanol–water partition coefficient (Wildman–Crippen LogP) is 3.73. The summed E-state index contributed by atoms with van der Waals surface area (Å²) in [6.45, 7) is 5.70. The summed E-state index contributed by atoms with van der Waals surface area (Å²) < 4.78 is 2.16. The van der Waals surface area contributed by atoms with E-state index < -0.39 is 0 Å². The number of carbonyl (C=O) groups is 1. The molecular weight excluding hydrogens is 360 g/mol. The molecule has 2 N–H and O–H groups in total. The zero-order valence-electron chi connectivity index (χ0n) is 17.1. The summed E-state index contributed by atoms with van der Waals surface area (Å²) in [7, 11) is 0. The van der Waals surface area contributed by atoms with Gasteiger partial charge in [-0.1, -0.05) is 43.3 Å². The van der Waals surface area contributed by atoms with Gasteiger partial charge in [0.25, 0.3) is 0 Å². The van der Waals surface area contributed by atoms with Gasteiger partial charge in [0.05, 0.1) is 17.4 Å². The Hall–Kier alpha value is -2.66. The van der Waals surface area contributed by atoms with Gasteiger partial charge >= 0.3 is 0 Å². The van der Waals surface area contributed by atoms with Gasteiger partial charge in [0.2, 0.25) is 5.91 Å². The van der Waals surface area contributed by atoms with Crippen molar-refractivity contribution < 1.29 is 4.79 Å². The van der Waals surface area contributed by atoms with Crippen LogP contribution in [0.25, 0.3) is 11.0 Å². The molecule has 1 aliphatic rings. The zero-order chi connectivity index (χ0) is 20.1. The van der Waals surface area contributed by atoms with E-state index in [-0.39, 0.29) is 5.91 Å². The number of amides is 1. The maximum absolute atomic E-state index is 12.4. The molecule has 0 radical (unpaired) electrons. The third-order valence-corrected chi connectivity index (χ3v) is 6.01. The average Bonchev–Trinajstić information content (AvgIpc) is 3.16. The number of aromatic nitrogens is 2. The van der Waals surface area contributed by atoms with Crippen LogP contribution in [0.5, 0.6) is 0 Å². The molecule has 1 amide bonds. The van der Waals surface area contributed by atoms with Crippen LogP contribution in [-0.2, 0) is 17.9 Å². The number of piperidine rings is 1. The Kier molecular flexibility index (Phi) is 6.25. The van der Waals surface area contributed by atoms with Crippen molar-refractivity contribution in [1.82, 2.24) is 20.2 Å². The van der Waals surface area contributed by atoms with Crippen LogP contribution in [0.15, 0.2) is 54.9 Å². The fourth-order valence-electron chi connectivity index (χ4n) is 4.27. The molecule has 1 fully saturated rings. The number of nitrogens with one attached hydrogen (secondary N) is 2. The van der Waals surface area contributed by atoms with Crippen molar-refractivity contribution in [2.45, 2.75) is 39.3 Å². The van der Waals surface area contributed by atoms with Crippen molar-refractivity contribution in [3.63, 3.8) is 0 Å². The number of benzene rings is 2. The summed E-state index contributed by atoms with van der Waals surface area (Å²) in [4.78, 5) is 16.9. The fourth-order valence-corrected chi connectivity index (χ4v) is 4.27. The number of para-hydroxylation sites is 2. The highest BCUT2D eigenvalue weighted by molar-refractivity contribution is 5.76. The molecule has 0 saturated carbocycles. The molecule has 2 atom stereocenters. The van der Waals surface area contributed by atoms with Crippen LogP contribution in [0.3, 0.4) is 0 Å². The second-order valence-corrected chi connectivity index (χ2v) is 8.25. The SMILES string of the molecule is CC(CC(=O)NCc1cccc(Cn2cnc3ccccc32)c1)C1CCCNC1. The highest BCUT2D eigenvalue weighted by Gasteiger charge is 2.21. The molecule has 1 aromatic heterocycles. The smallest absolute Gasteiger partial charge is 0.220 e. The van der Waals surface area contributed by atoms with Gasteiger partial charge in [-0.15, -0.1) is 0 Å². The Balaban J connectivity index is 1.32. The zero-order valence-corrected chi connectivity index (χ0v) is 17.1. The number of rotatable bonds is 7. The van der Waals surface area contributed by atoms with Crippen LogP contribution in [0.4, 0.5) is 0 Å². The lowest BCUT2D eigenvalue weighted by atomic mass is 9.85. The van der Waals surface area contributed by atoms with E-state index in [9.17, 15) is 4.79 Å². The molecule has 4 rings (SSSR count). The number of hydrogen-bond donors (Lipinski definition) is 2. The van der Waals surface area contributed by atoms with Gasteiger partial charge < -0.3 is 15.2 Å². The Morgan fingerprint density at radius 1 is 1.24 bits per heavy atom. The lowest BCUT2D eigenvalue weighted by Crippen LogP contribution is -2.35. The lowest BCUT2D eigenvalue weighted by Gasteiger charge is -2.28. The fraction of sp³-hybridized carbons (Fsp3) is 0.417. The normalized spacial score (nSPS) is 17.9. The molecule has 3 aromatic rings. The molecule has 2 heterocycles. The van der Waals surface area contributed by atoms with Crippen molar-refractivity contribution >= 4 is 16.9 Å². The molecule has 5 nitrogen and oxygen atoms in total. The van der Waals surface area contributed by atoms with E-state index in [4.69, 9.17) is 0 Å². The standard InChI is InChI=1S/C24H30N4O/c1-18(21-8-5-11-25-15-21)12-24(29)26-14-19-6-4-7-20(13-19)16-28-17-27-22-9-2-3-10-23(22)28/h2-4,6-7,9-10,13,17-18,21,25H,5,8,11-12,14-16H2,1H3,(H,26,29). The van der Waals surface area contributed by atoms with E-state index >= 15 is 0 Å². The molecule has 0 spiro atoms. The van der Waals surface area contributed by atoms with Gasteiger partial charge in [-0.3, -0.25) is 4.79 Å². The van der Waals surface area contributed by atoms with Gasteiger partial charge in [-0.05, 0) is 61.0 Å². The average molecular weight is 391 g/mol. The molecule has 29 heavy (non-hydrogen) atoms. The summed E-state index contributed by atoms with van der Waals surface area (Å²) in [5.74, 6) is 1.18. The summed E-state index contributed by atoms with van der Waals surface area (Å²) in [6.07, 6.45) is 4.94. The van der Waals surface area contributed by atoms with Crippen molar-refractivity contribution in [2.24, 2.45) is 11.8 Å². The monoisotopic (exact) mass is 390 g/mol. The van der Waals surface area contributed by atoms with E-state index in [0.717, 1.165) is 36.2 Å². The second kappa shape index (κ2) is 9.23. The van der Waals surface area contributed by atoms with E-state index in [1.54, 1.807) is 0 Å². The van der Waals surface area contributed by atoms with Crippen molar-refractivity contribution in [2.75, 3.05) is 13.1 Å². The maximum atomic E-state index is 12.4. The minimum atomic E-state index is 0.147. The van der Waals surface area contributed by atoms with Gasteiger partial charge in [-0.2, -0.15) is 0 Å². The van der Waals surface area contributed by atoms with Crippen molar-refractivity contribution in [3.05, 3.63) is 66.0 Å². The summed E-state index contributed by atoms with van der Waals surface area (Å²) in [5.41, 5.74) is 4.49. The lowest BCUT2D eigenvalue weighted by molar-refractivity contribution is -0.122. The van der Waals surface area contributed by atoms with E-state index in [0.29, 0.717) is 24.8 Å². The first kappa shape index (κ1) is 19.6. The molecular formula is C24H30N4O. The van der Waals surface area contributed by atoms with Crippen LogP contribution in [0.1, 0.15) is 37.3 Å². The van der Waals surface area contributed by atoms with Crippen LogP contribution < -0.4 is 10.6 Å². The van der Waals surface area contributed by atoms with Gasteiger partial charge in [0.15, 0.2) is 0 Å². The highest BCUT2D eigenvalue weighted by Crippen LogP contribution is 2.22.